The lowest BCUT2D eigenvalue weighted by Gasteiger charge is -2.08. The molecule has 0 spiro atoms. The van der Waals surface area contributed by atoms with Gasteiger partial charge in [-0.3, -0.25) is 0 Å². The maximum atomic E-state index is 11.3. The summed E-state index contributed by atoms with van der Waals surface area (Å²) >= 11 is 5.86. The maximum Gasteiger partial charge on any atom is 0.333 e. The Kier molecular flexibility index (Phi) is 5.72. The van der Waals surface area contributed by atoms with E-state index in [1.165, 1.54) is 7.11 Å². The highest BCUT2D eigenvalue weighted by Crippen LogP contribution is 2.21. The smallest absolute Gasteiger partial charge is 0.333 e. The van der Waals surface area contributed by atoms with Crippen molar-refractivity contribution in [3.8, 4) is 5.75 Å². The molecule has 0 unspecified atom stereocenters. The van der Waals surface area contributed by atoms with Gasteiger partial charge in [-0.2, -0.15) is 0 Å². The van der Waals surface area contributed by atoms with Crippen LogP contribution in [0.3, 0.4) is 0 Å². The molecule has 0 heterocycles. The summed E-state index contributed by atoms with van der Waals surface area (Å²) in [6.45, 7) is 4.16. The van der Waals surface area contributed by atoms with E-state index in [4.69, 9.17) is 16.3 Å². The molecule has 18 heavy (non-hydrogen) atoms. The van der Waals surface area contributed by atoms with E-state index in [2.05, 4.69) is 4.74 Å². The van der Waals surface area contributed by atoms with Crippen molar-refractivity contribution >= 4 is 17.6 Å². The van der Waals surface area contributed by atoms with Crippen molar-refractivity contribution < 1.29 is 14.3 Å². The summed E-state index contributed by atoms with van der Waals surface area (Å²) in [5.41, 5.74) is 1.58. The van der Waals surface area contributed by atoms with Gasteiger partial charge in [0.25, 0.3) is 0 Å². The molecule has 0 aliphatic heterocycles. The predicted molar refractivity (Wildman–Crippen MR) is 72.1 cm³/mol. The fourth-order valence-electron chi connectivity index (χ4n) is 1.51. The van der Waals surface area contributed by atoms with Gasteiger partial charge < -0.3 is 9.47 Å². The standard InChI is InChI=1S/C14H17ClO3/c1-4-11(14(16)17-3)7-8-18-13-6-5-12(15)9-10(13)2/h5-7,9H,4,8H2,1-3H3. The molecule has 0 aliphatic rings. The number of hydrogen-bond acceptors (Lipinski definition) is 3. The minimum absolute atomic E-state index is 0.311. The number of carbonyl (C=O) groups is 1. The molecule has 0 bridgehead atoms. The van der Waals surface area contributed by atoms with E-state index in [0.717, 1.165) is 11.3 Å². The van der Waals surface area contributed by atoms with E-state index in [1.807, 2.05) is 26.0 Å². The van der Waals surface area contributed by atoms with E-state index in [9.17, 15) is 4.79 Å². The molecule has 3 nitrogen and oxygen atoms in total. The number of aryl methyl sites for hydroxylation is 1. The zero-order valence-corrected chi connectivity index (χ0v) is 11.6. The van der Waals surface area contributed by atoms with Gasteiger partial charge in [-0.05, 0) is 43.2 Å². The van der Waals surface area contributed by atoms with E-state index < -0.39 is 0 Å². The molecule has 0 N–H and O–H groups in total. The van der Waals surface area contributed by atoms with Crippen LogP contribution in [-0.4, -0.2) is 19.7 Å². The van der Waals surface area contributed by atoms with Crippen LogP contribution < -0.4 is 4.74 Å². The zero-order chi connectivity index (χ0) is 13.5. The SMILES string of the molecule is CCC(=CCOc1ccc(Cl)cc1C)C(=O)OC. The molecule has 4 heteroatoms. The molecule has 0 fully saturated rings. The number of ether oxygens (including phenoxy) is 2. The molecule has 0 atom stereocenters. The van der Waals surface area contributed by atoms with Crippen LogP contribution in [0.1, 0.15) is 18.9 Å². The maximum absolute atomic E-state index is 11.3. The number of carbonyl (C=O) groups excluding carboxylic acids is 1. The second kappa shape index (κ2) is 7.07. The Morgan fingerprint density at radius 2 is 2.17 bits per heavy atom. The highest BCUT2D eigenvalue weighted by Gasteiger charge is 2.06. The normalized spacial score (nSPS) is 11.2. The zero-order valence-electron chi connectivity index (χ0n) is 10.8. The minimum atomic E-state index is -0.311. The van der Waals surface area contributed by atoms with E-state index in [-0.39, 0.29) is 5.97 Å². The summed E-state index contributed by atoms with van der Waals surface area (Å²) in [5.74, 6) is 0.449. The third kappa shape index (κ3) is 4.08. The van der Waals surface area contributed by atoms with Crippen molar-refractivity contribution in [3.05, 3.63) is 40.4 Å². The Balaban J connectivity index is 2.65. The van der Waals surface area contributed by atoms with E-state index in [1.54, 1.807) is 12.1 Å². The first-order chi connectivity index (χ1) is 8.58. The van der Waals surface area contributed by atoms with Crippen molar-refractivity contribution in [2.45, 2.75) is 20.3 Å². The summed E-state index contributed by atoms with van der Waals surface area (Å²) in [5, 5.41) is 0.680. The highest BCUT2D eigenvalue weighted by molar-refractivity contribution is 6.30. The first-order valence-electron chi connectivity index (χ1n) is 5.74. The van der Waals surface area contributed by atoms with Gasteiger partial charge in [-0.1, -0.05) is 18.5 Å². The van der Waals surface area contributed by atoms with Gasteiger partial charge in [0.05, 0.1) is 7.11 Å². The lowest BCUT2D eigenvalue weighted by Crippen LogP contribution is -2.06. The average molecular weight is 269 g/mol. The Labute approximate surface area is 112 Å². The largest absolute Gasteiger partial charge is 0.489 e. The number of esters is 1. The molecule has 0 saturated heterocycles. The molecule has 1 aromatic carbocycles. The molecular weight excluding hydrogens is 252 g/mol. The van der Waals surface area contributed by atoms with Crippen LogP contribution in [0.5, 0.6) is 5.75 Å². The summed E-state index contributed by atoms with van der Waals surface area (Å²) in [7, 11) is 1.37. The number of rotatable bonds is 5. The van der Waals surface area contributed by atoms with Gasteiger partial charge in [0, 0.05) is 10.6 Å². The minimum Gasteiger partial charge on any atom is -0.489 e. The Morgan fingerprint density at radius 3 is 2.72 bits per heavy atom. The summed E-state index contributed by atoms with van der Waals surface area (Å²) in [4.78, 5) is 11.3. The third-order valence-corrected chi connectivity index (χ3v) is 2.77. The second-order valence-electron chi connectivity index (χ2n) is 3.80. The first-order valence-corrected chi connectivity index (χ1v) is 6.12. The van der Waals surface area contributed by atoms with Crippen molar-refractivity contribution in [1.82, 2.24) is 0 Å². The number of hydrogen-bond donors (Lipinski definition) is 0. The monoisotopic (exact) mass is 268 g/mol. The molecule has 0 saturated carbocycles. The van der Waals surface area contributed by atoms with Gasteiger partial charge in [0.15, 0.2) is 0 Å². The average Bonchev–Trinajstić information content (AvgIpc) is 2.36. The highest BCUT2D eigenvalue weighted by atomic mass is 35.5. The van der Waals surface area contributed by atoms with Crippen molar-refractivity contribution in [3.63, 3.8) is 0 Å². The summed E-state index contributed by atoms with van der Waals surface area (Å²) in [6.07, 6.45) is 2.36. The quantitative estimate of drug-likeness (QED) is 0.605. The molecule has 0 aromatic heterocycles. The molecular formula is C14H17ClO3. The van der Waals surface area contributed by atoms with E-state index >= 15 is 0 Å². The van der Waals surface area contributed by atoms with Gasteiger partial charge in [0.2, 0.25) is 0 Å². The second-order valence-corrected chi connectivity index (χ2v) is 4.23. The topological polar surface area (TPSA) is 35.5 Å². The van der Waals surface area contributed by atoms with Gasteiger partial charge in [0.1, 0.15) is 12.4 Å². The molecule has 0 amide bonds. The van der Waals surface area contributed by atoms with Crippen LogP contribution in [0.25, 0.3) is 0 Å². The van der Waals surface area contributed by atoms with Crippen LogP contribution >= 0.6 is 11.6 Å². The molecule has 98 valence electrons. The number of halogens is 1. The van der Waals surface area contributed by atoms with Crippen LogP contribution in [0.2, 0.25) is 5.02 Å². The summed E-state index contributed by atoms with van der Waals surface area (Å²) < 4.78 is 10.2. The predicted octanol–water partition coefficient (Wildman–Crippen LogP) is 3.54. The Hall–Kier alpha value is -1.48. The molecule has 1 rings (SSSR count). The fourth-order valence-corrected chi connectivity index (χ4v) is 1.74. The first kappa shape index (κ1) is 14.6. The molecule has 0 aliphatic carbocycles. The van der Waals surface area contributed by atoms with Crippen LogP contribution in [0.4, 0.5) is 0 Å². The summed E-state index contributed by atoms with van der Waals surface area (Å²) in [6, 6.07) is 5.42. The van der Waals surface area contributed by atoms with Crippen LogP contribution in [-0.2, 0) is 9.53 Å². The van der Waals surface area contributed by atoms with Crippen molar-refractivity contribution in [2.75, 3.05) is 13.7 Å². The lowest BCUT2D eigenvalue weighted by atomic mass is 10.2. The Bertz CT molecular complexity index is 452. The van der Waals surface area contributed by atoms with Gasteiger partial charge in [-0.15, -0.1) is 0 Å². The lowest BCUT2D eigenvalue weighted by molar-refractivity contribution is -0.136. The fraction of sp³-hybridized carbons (Fsp3) is 0.357. The van der Waals surface area contributed by atoms with Crippen LogP contribution in [0, 0.1) is 6.92 Å². The molecule has 1 aromatic rings. The van der Waals surface area contributed by atoms with Gasteiger partial charge in [-0.25, -0.2) is 4.79 Å². The number of benzene rings is 1. The van der Waals surface area contributed by atoms with Gasteiger partial charge >= 0.3 is 5.97 Å². The molecule has 0 radical (unpaired) electrons. The van der Waals surface area contributed by atoms with E-state index in [0.29, 0.717) is 23.6 Å². The number of methoxy groups -OCH3 is 1. The van der Waals surface area contributed by atoms with Crippen molar-refractivity contribution in [1.29, 1.82) is 0 Å². The third-order valence-electron chi connectivity index (χ3n) is 2.53. The van der Waals surface area contributed by atoms with Crippen LogP contribution in [0.15, 0.2) is 29.8 Å². The van der Waals surface area contributed by atoms with Crippen molar-refractivity contribution in [2.24, 2.45) is 0 Å². The Morgan fingerprint density at radius 1 is 1.44 bits per heavy atom.